The van der Waals surface area contributed by atoms with Crippen LogP contribution in [-0.2, 0) is 9.31 Å². The molecule has 0 aliphatic carbocycles. The molecule has 0 amide bonds. The van der Waals surface area contributed by atoms with Gasteiger partial charge in [-0.15, -0.1) is 0 Å². The summed E-state index contributed by atoms with van der Waals surface area (Å²) in [5.41, 5.74) is 2.44. The highest BCUT2D eigenvalue weighted by Crippen LogP contribution is 2.37. The lowest BCUT2D eigenvalue weighted by atomic mass is 9.78. The van der Waals surface area contributed by atoms with Gasteiger partial charge < -0.3 is 15.0 Å². The van der Waals surface area contributed by atoms with Gasteiger partial charge in [0, 0.05) is 0 Å². The highest BCUT2D eigenvalue weighted by atomic mass is 19.2. The van der Waals surface area contributed by atoms with E-state index in [9.17, 15) is 13.2 Å². The second-order valence-electron chi connectivity index (χ2n) is 5.58. The van der Waals surface area contributed by atoms with Crippen LogP contribution in [0.25, 0.3) is 0 Å². The molecule has 1 aromatic rings. The highest BCUT2D eigenvalue weighted by Gasteiger charge is 2.53. The van der Waals surface area contributed by atoms with Gasteiger partial charge in [-0.25, -0.2) is 13.2 Å². The summed E-state index contributed by atoms with van der Waals surface area (Å²) in [6.07, 6.45) is 0. The van der Waals surface area contributed by atoms with Gasteiger partial charge in [-0.3, -0.25) is 0 Å². The fourth-order valence-corrected chi connectivity index (χ4v) is 1.80. The lowest BCUT2D eigenvalue weighted by molar-refractivity contribution is 0.00578. The number of hydrogen-bond donors (Lipinski definition) is 1. The largest absolute Gasteiger partial charge is 0.501 e. The summed E-state index contributed by atoms with van der Waals surface area (Å²) in [6, 6.07) is 0.721. The third-order valence-corrected chi connectivity index (χ3v) is 3.71. The van der Waals surface area contributed by atoms with E-state index in [2.05, 4.69) is 0 Å². The predicted molar refractivity (Wildman–Crippen MR) is 66.4 cm³/mol. The van der Waals surface area contributed by atoms with Gasteiger partial charge in [0.2, 0.25) is 0 Å². The van der Waals surface area contributed by atoms with Crippen LogP contribution in [0.3, 0.4) is 0 Å². The van der Waals surface area contributed by atoms with Crippen LogP contribution < -0.4 is 11.2 Å². The van der Waals surface area contributed by atoms with Crippen LogP contribution in [0.2, 0.25) is 0 Å². The Morgan fingerprint density at radius 2 is 1.47 bits per heavy atom. The summed E-state index contributed by atoms with van der Waals surface area (Å²) in [7, 11) is -1.31. The van der Waals surface area contributed by atoms with Crippen molar-refractivity contribution in [3.8, 4) is 0 Å². The predicted octanol–water partition coefficient (Wildman–Crippen LogP) is 1.99. The molecule has 1 aliphatic heterocycles. The van der Waals surface area contributed by atoms with Gasteiger partial charge in [0.1, 0.15) is 5.82 Å². The molecule has 0 unspecified atom stereocenters. The quantitative estimate of drug-likeness (QED) is 0.483. The monoisotopic (exact) mass is 273 g/mol. The Morgan fingerprint density at radius 1 is 1.00 bits per heavy atom. The van der Waals surface area contributed by atoms with E-state index < -0.39 is 46.9 Å². The first-order chi connectivity index (χ1) is 8.57. The molecule has 0 atom stereocenters. The van der Waals surface area contributed by atoms with Crippen LogP contribution in [0.15, 0.2) is 6.07 Å². The van der Waals surface area contributed by atoms with E-state index in [1.54, 1.807) is 27.7 Å². The van der Waals surface area contributed by atoms with Crippen LogP contribution in [0.4, 0.5) is 18.9 Å². The van der Waals surface area contributed by atoms with Gasteiger partial charge in [0.05, 0.1) is 22.4 Å². The SMILES string of the molecule is CC1(C)OB(c2c(F)cc(N)c(F)c2F)OC1(C)C. The van der Waals surface area contributed by atoms with E-state index in [1.807, 2.05) is 0 Å². The first kappa shape index (κ1) is 14.2. The molecule has 2 rings (SSSR count). The molecule has 1 heterocycles. The molecule has 1 saturated heterocycles. The summed E-state index contributed by atoms with van der Waals surface area (Å²) in [5, 5.41) is 0. The van der Waals surface area contributed by atoms with E-state index in [-0.39, 0.29) is 0 Å². The van der Waals surface area contributed by atoms with Crippen LogP contribution >= 0.6 is 0 Å². The molecule has 104 valence electrons. The molecule has 1 aromatic carbocycles. The summed E-state index contributed by atoms with van der Waals surface area (Å²) in [5.74, 6) is -3.67. The molecule has 0 saturated carbocycles. The van der Waals surface area contributed by atoms with Gasteiger partial charge >= 0.3 is 7.12 Å². The molecular weight excluding hydrogens is 258 g/mol. The van der Waals surface area contributed by atoms with Gasteiger partial charge in [0.25, 0.3) is 0 Å². The topological polar surface area (TPSA) is 44.5 Å². The van der Waals surface area contributed by atoms with Crippen molar-refractivity contribution in [1.82, 2.24) is 0 Å². The first-order valence-corrected chi connectivity index (χ1v) is 5.85. The van der Waals surface area contributed by atoms with E-state index in [0.29, 0.717) is 0 Å². The van der Waals surface area contributed by atoms with E-state index in [1.165, 1.54) is 0 Å². The molecular formula is C12H15BF3NO2. The van der Waals surface area contributed by atoms with Crippen molar-refractivity contribution in [2.75, 3.05) is 5.73 Å². The van der Waals surface area contributed by atoms with Gasteiger partial charge in [-0.1, -0.05) is 0 Å². The van der Waals surface area contributed by atoms with Gasteiger partial charge in [-0.05, 0) is 33.8 Å². The molecule has 0 spiro atoms. The van der Waals surface area contributed by atoms with E-state index in [0.717, 1.165) is 6.07 Å². The van der Waals surface area contributed by atoms with Crippen molar-refractivity contribution in [1.29, 1.82) is 0 Å². The maximum absolute atomic E-state index is 13.8. The zero-order valence-electron chi connectivity index (χ0n) is 11.2. The number of benzene rings is 1. The van der Waals surface area contributed by atoms with Crippen molar-refractivity contribution >= 4 is 18.3 Å². The van der Waals surface area contributed by atoms with Crippen molar-refractivity contribution in [2.24, 2.45) is 0 Å². The molecule has 3 nitrogen and oxygen atoms in total. The standard InChI is InChI=1S/C12H15BF3NO2/c1-11(2)12(3,4)19-13(18-11)8-6(14)5-7(17)9(15)10(8)16/h5H,17H2,1-4H3. The minimum absolute atomic E-state index is 0.588. The Bertz CT molecular complexity index is 518. The Morgan fingerprint density at radius 3 is 1.95 bits per heavy atom. The number of nitrogen functional groups attached to an aromatic ring is 1. The second kappa shape index (κ2) is 4.14. The first-order valence-electron chi connectivity index (χ1n) is 5.85. The second-order valence-corrected chi connectivity index (χ2v) is 5.58. The molecule has 1 fully saturated rings. The van der Waals surface area contributed by atoms with E-state index >= 15 is 0 Å². The number of halogens is 3. The summed E-state index contributed by atoms with van der Waals surface area (Å²) in [6.45, 7) is 6.93. The lowest BCUT2D eigenvalue weighted by Crippen LogP contribution is -2.41. The van der Waals surface area contributed by atoms with Crippen LogP contribution in [0, 0.1) is 17.5 Å². The molecule has 1 aliphatic rings. The van der Waals surface area contributed by atoms with Gasteiger partial charge in [-0.2, -0.15) is 0 Å². The smallest absolute Gasteiger partial charge is 0.399 e. The van der Waals surface area contributed by atoms with Crippen molar-refractivity contribution < 1.29 is 22.5 Å². The lowest BCUT2D eigenvalue weighted by Gasteiger charge is -2.32. The van der Waals surface area contributed by atoms with Crippen molar-refractivity contribution in [2.45, 2.75) is 38.9 Å². The molecule has 7 heteroatoms. The molecule has 0 radical (unpaired) electrons. The zero-order chi connectivity index (χ0) is 14.6. The normalized spacial score (nSPS) is 20.9. The van der Waals surface area contributed by atoms with Crippen LogP contribution in [-0.4, -0.2) is 18.3 Å². The van der Waals surface area contributed by atoms with Crippen molar-refractivity contribution in [3.63, 3.8) is 0 Å². The molecule has 0 aromatic heterocycles. The summed E-state index contributed by atoms with van der Waals surface area (Å²) in [4.78, 5) is 0. The third kappa shape index (κ3) is 2.10. The number of nitrogens with two attached hydrogens (primary N) is 1. The third-order valence-electron chi connectivity index (χ3n) is 3.71. The Kier molecular flexibility index (Phi) is 3.10. The molecule has 2 N–H and O–H groups in total. The molecule has 19 heavy (non-hydrogen) atoms. The maximum atomic E-state index is 13.8. The van der Waals surface area contributed by atoms with Gasteiger partial charge in [0.15, 0.2) is 11.6 Å². The summed E-state index contributed by atoms with van der Waals surface area (Å²) < 4.78 is 52.0. The average Bonchev–Trinajstić information content (AvgIpc) is 2.44. The Balaban J connectivity index is 2.49. The minimum Gasteiger partial charge on any atom is -0.399 e. The molecule has 0 bridgehead atoms. The minimum atomic E-state index is -1.38. The Labute approximate surface area is 110 Å². The fourth-order valence-electron chi connectivity index (χ4n) is 1.80. The number of hydrogen-bond acceptors (Lipinski definition) is 3. The highest BCUT2D eigenvalue weighted by molar-refractivity contribution is 6.62. The Hall–Kier alpha value is -1.21. The number of rotatable bonds is 1. The zero-order valence-corrected chi connectivity index (χ0v) is 11.2. The van der Waals surface area contributed by atoms with Crippen molar-refractivity contribution in [3.05, 3.63) is 23.5 Å². The summed E-state index contributed by atoms with van der Waals surface area (Å²) >= 11 is 0. The van der Waals surface area contributed by atoms with Crippen LogP contribution in [0.5, 0.6) is 0 Å². The number of anilines is 1. The van der Waals surface area contributed by atoms with Crippen LogP contribution in [0.1, 0.15) is 27.7 Å². The maximum Gasteiger partial charge on any atom is 0.501 e. The fraction of sp³-hybridized carbons (Fsp3) is 0.500. The van der Waals surface area contributed by atoms with E-state index in [4.69, 9.17) is 15.0 Å². The average molecular weight is 273 g/mol.